The number of anilines is 2. The lowest BCUT2D eigenvalue weighted by atomic mass is 10.1. The van der Waals surface area contributed by atoms with Crippen molar-refractivity contribution in [2.75, 3.05) is 22.3 Å². The van der Waals surface area contributed by atoms with E-state index in [-0.39, 0.29) is 33.0 Å². The Bertz CT molecular complexity index is 1340. The van der Waals surface area contributed by atoms with Gasteiger partial charge in [-0.05, 0) is 53.9 Å². The highest BCUT2D eigenvalue weighted by atomic mass is 35.5. The first-order valence-electron chi connectivity index (χ1n) is 10.3. The predicted molar refractivity (Wildman–Crippen MR) is 131 cm³/mol. The van der Waals surface area contributed by atoms with Crippen molar-refractivity contribution in [3.63, 3.8) is 0 Å². The molecule has 0 saturated heterocycles. The molecule has 3 aromatic carbocycles. The minimum Gasteiger partial charge on any atom is -0.480 e. The van der Waals surface area contributed by atoms with E-state index in [0.717, 1.165) is 15.4 Å². The van der Waals surface area contributed by atoms with Crippen molar-refractivity contribution in [1.29, 1.82) is 0 Å². The number of halogens is 2. The average molecular weight is 519 g/mol. The summed E-state index contributed by atoms with van der Waals surface area (Å²) in [4.78, 5) is 25.8. The van der Waals surface area contributed by atoms with Crippen LogP contribution in [0, 0.1) is 0 Å². The number of hydrogen-bond acceptors (Lipinski definition) is 4. The molecule has 1 aliphatic heterocycles. The second kappa shape index (κ2) is 9.66. The van der Waals surface area contributed by atoms with E-state index in [0.29, 0.717) is 18.7 Å². The third-order valence-electron chi connectivity index (χ3n) is 5.45. The number of nitrogens with zero attached hydrogens (tertiary/aromatic N) is 2. The number of carboxylic acid groups (broad SMARTS) is 1. The van der Waals surface area contributed by atoms with E-state index in [2.05, 4.69) is 0 Å². The third-order valence-corrected chi connectivity index (χ3v) is 7.64. The van der Waals surface area contributed by atoms with Gasteiger partial charge in [0.1, 0.15) is 6.54 Å². The zero-order chi connectivity index (χ0) is 24.5. The lowest BCUT2D eigenvalue weighted by Gasteiger charge is -2.24. The number of carbonyl (C=O) groups excluding carboxylic acids is 1. The van der Waals surface area contributed by atoms with Gasteiger partial charge < -0.3 is 10.0 Å². The molecule has 0 bridgehead atoms. The third kappa shape index (κ3) is 5.04. The number of rotatable bonds is 7. The highest BCUT2D eigenvalue weighted by Crippen LogP contribution is 2.35. The van der Waals surface area contributed by atoms with Crippen LogP contribution in [0.4, 0.5) is 11.4 Å². The fraction of sp³-hybridized carbons (Fsp3) is 0.167. The summed E-state index contributed by atoms with van der Waals surface area (Å²) in [5.74, 6) is -1.39. The number of aliphatic carboxylic acids is 1. The molecule has 0 radical (unpaired) electrons. The first kappa shape index (κ1) is 24.1. The van der Waals surface area contributed by atoms with E-state index >= 15 is 0 Å². The summed E-state index contributed by atoms with van der Waals surface area (Å²) in [6, 6.07) is 18.0. The quantitative estimate of drug-likeness (QED) is 0.499. The molecule has 0 saturated carbocycles. The van der Waals surface area contributed by atoms with Gasteiger partial charge in [-0.25, -0.2) is 8.42 Å². The topological polar surface area (TPSA) is 95.0 Å². The molecule has 0 aromatic heterocycles. The van der Waals surface area contributed by atoms with Gasteiger partial charge in [0.2, 0.25) is 5.91 Å². The van der Waals surface area contributed by atoms with Crippen LogP contribution in [0.1, 0.15) is 11.1 Å². The summed E-state index contributed by atoms with van der Waals surface area (Å²) in [6.07, 6.45) is 0.769. The number of benzene rings is 3. The number of fused-ring (bicyclic) bond motifs is 1. The molecule has 0 spiro atoms. The summed E-state index contributed by atoms with van der Waals surface area (Å²) < 4.78 is 27.5. The minimum atomic E-state index is -4.28. The second-order valence-electron chi connectivity index (χ2n) is 7.78. The van der Waals surface area contributed by atoms with Crippen LogP contribution in [0.5, 0.6) is 0 Å². The zero-order valence-electron chi connectivity index (χ0n) is 17.8. The SMILES string of the molecule is O=C(O)CN(c1ccc2c(c1)CCN2C(=O)Cc1ccccc1)S(=O)(=O)c1cc(Cl)cc(Cl)c1. The molecular formula is C24H20Cl2N2O5S. The number of carboxylic acids is 1. The van der Waals surface area contributed by atoms with Gasteiger partial charge >= 0.3 is 5.97 Å². The highest BCUT2D eigenvalue weighted by molar-refractivity contribution is 7.92. The maximum absolute atomic E-state index is 13.3. The van der Waals surface area contributed by atoms with Crippen LogP contribution >= 0.6 is 23.2 Å². The van der Waals surface area contributed by atoms with Gasteiger partial charge in [0.25, 0.3) is 10.0 Å². The fourth-order valence-electron chi connectivity index (χ4n) is 3.91. The lowest BCUT2D eigenvalue weighted by molar-refractivity contribution is -0.135. The van der Waals surface area contributed by atoms with E-state index < -0.39 is 22.5 Å². The summed E-state index contributed by atoms with van der Waals surface area (Å²) in [5, 5.41) is 9.63. The molecule has 3 aromatic rings. The number of carbonyl (C=O) groups is 2. The predicted octanol–water partition coefficient (Wildman–Crippen LogP) is 4.41. The summed E-state index contributed by atoms with van der Waals surface area (Å²) in [6.45, 7) is -0.331. The smallest absolute Gasteiger partial charge is 0.324 e. The maximum atomic E-state index is 13.3. The van der Waals surface area contributed by atoms with Crippen molar-refractivity contribution in [2.24, 2.45) is 0 Å². The lowest BCUT2D eigenvalue weighted by Crippen LogP contribution is -2.36. The monoisotopic (exact) mass is 518 g/mol. The normalized spacial score (nSPS) is 12.9. The van der Waals surface area contributed by atoms with Crippen molar-refractivity contribution in [1.82, 2.24) is 0 Å². The molecule has 0 atom stereocenters. The van der Waals surface area contributed by atoms with E-state index in [1.165, 1.54) is 24.3 Å². The molecule has 1 heterocycles. The van der Waals surface area contributed by atoms with Gasteiger partial charge in [-0.15, -0.1) is 0 Å². The van der Waals surface area contributed by atoms with Crippen molar-refractivity contribution in [3.05, 3.63) is 87.9 Å². The summed E-state index contributed by atoms with van der Waals surface area (Å²) in [5.41, 5.74) is 2.52. The Kier molecular flexibility index (Phi) is 6.84. The van der Waals surface area contributed by atoms with Crippen LogP contribution in [-0.2, 0) is 32.5 Å². The Labute approximate surface area is 207 Å². The molecule has 7 nitrogen and oxygen atoms in total. The van der Waals surface area contributed by atoms with Gasteiger partial charge in [-0.1, -0.05) is 53.5 Å². The molecule has 176 valence electrons. The van der Waals surface area contributed by atoms with Crippen molar-refractivity contribution >= 4 is 56.5 Å². The van der Waals surface area contributed by atoms with E-state index in [1.807, 2.05) is 30.3 Å². The van der Waals surface area contributed by atoms with E-state index in [1.54, 1.807) is 17.0 Å². The van der Waals surface area contributed by atoms with E-state index in [4.69, 9.17) is 23.2 Å². The van der Waals surface area contributed by atoms with Crippen LogP contribution in [0.25, 0.3) is 0 Å². The Balaban J connectivity index is 1.66. The first-order valence-corrected chi connectivity index (χ1v) is 12.5. The van der Waals surface area contributed by atoms with Crippen LogP contribution in [0.3, 0.4) is 0 Å². The Hall–Kier alpha value is -3.07. The molecule has 0 fully saturated rings. The fourth-order valence-corrected chi connectivity index (χ4v) is 6.04. The molecular weight excluding hydrogens is 499 g/mol. The molecule has 1 amide bonds. The summed E-state index contributed by atoms with van der Waals surface area (Å²) in [7, 11) is -4.28. The largest absolute Gasteiger partial charge is 0.480 e. The van der Waals surface area contributed by atoms with E-state index in [9.17, 15) is 23.1 Å². The maximum Gasteiger partial charge on any atom is 0.324 e. The van der Waals surface area contributed by atoms with Gasteiger partial charge in [0, 0.05) is 22.3 Å². The molecule has 34 heavy (non-hydrogen) atoms. The standard InChI is InChI=1S/C24H20Cl2N2O5S/c25-18-12-19(26)14-21(13-18)34(32,33)28(15-24(30)31)20-6-7-22-17(11-20)8-9-27(22)23(29)10-16-4-2-1-3-5-16/h1-7,11-14H,8-10,15H2,(H,30,31). The van der Waals surface area contributed by atoms with Crippen LogP contribution in [0.2, 0.25) is 10.0 Å². The molecule has 1 aliphatic rings. The van der Waals surface area contributed by atoms with Gasteiger partial charge in [0.05, 0.1) is 17.0 Å². The highest BCUT2D eigenvalue weighted by Gasteiger charge is 2.30. The number of amides is 1. The molecule has 0 aliphatic carbocycles. The van der Waals surface area contributed by atoms with Gasteiger partial charge in [0.15, 0.2) is 0 Å². The van der Waals surface area contributed by atoms with Crippen molar-refractivity contribution < 1.29 is 23.1 Å². The first-order chi connectivity index (χ1) is 16.1. The van der Waals surface area contributed by atoms with Crippen molar-refractivity contribution in [2.45, 2.75) is 17.7 Å². The van der Waals surface area contributed by atoms with Crippen LogP contribution < -0.4 is 9.21 Å². The summed E-state index contributed by atoms with van der Waals surface area (Å²) >= 11 is 11.9. The Morgan fingerprint density at radius 1 is 0.971 bits per heavy atom. The Morgan fingerprint density at radius 2 is 1.65 bits per heavy atom. The minimum absolute atomic E-state index is 0.0683. The van der Waals surface area contributed by atoms with Crippen LogP contribution in [0.15, 0.2) is 71.6 Å². The second-order valence-corrected chi connectivity index (χ2v) is 10.5. The van der Waals surface area contributed by atoms with Gasteiger partial charge in [-0.3, -0.25) is 13.9 Å². The number of sulfonamides is 1. The molecule has 10 heteroatoms. The van der Waals surface area contributed by atoms with Crippen molar-refractivity contribution in [3.8, 4) is 0 Å². The molecule has 1 N–H and O–H groups in total. The molecule has 4 rings (SSSR count). The average Bonchev–Trinajstić information content (AvgIpc) is 3.20. The zero-order valence-corrected chi connectivity index (χ0v) is 20.1. The Morgan fingerprint density at radius 3 is 2.29 bits per heavy atom. The van der Waals surface area contributed by atoms with Gasteiger partial charge in [-0.2, -0.15) is 0 Å². The van der Waals surface area contributed by atoms with Crippen LogP contribution in [-0.4, -0.2) is 38.5 Å². The number of hydrogen-bond donors (Lipinski definition) is 1. The molecule has 0 unspecified atom stereocenters.